The molecule has 0 saturated heterocycles. The Morgan fingerprint density at radius 1 is 1.29 bits per heavy atom. The number of ether oxygens (including phenoxy) is 1. The third-order valence-corrected chi connectivity index (χ3v) is 3.93. The molecular formula is C17H22N4O3. The first kappa shape index (κ1) is 16.3. The third kappa shape index (κ3) is 4.71. The molecule has 1 aliphatic rings. The molecule has 1 aliphatic carbocycles. The van der Waals surface area contributed by atoms with Gasteiger partial charge in [-0.05, 0) is 43.4 Å². The fourth-order valence-corrected chi connectivity index (χ4v) is 2.74. The van der Waals surface area contributed by atoms with Crippen molar-refractivity contribution in [2.24, 2.45) is 0 Å². The van der Waals surface area contributed by atoms with Gasteiger partial charge in [-0.3, -0.25) is 0 Å². The summed E-state index contributed by atoms with van der Waals surface area (Å²) < 4.78 is 10.8. The Morgan fingerprint density at radius 2 is 2.08 bits per heavy atom. The molecule has 0 aliphatic heterocycles. The summed E-state index contributed by atoms with van der Waals surface area (Å²) in [5, 5.41) is 9.22. The van der Waals surface area contributed by atoms with Crippen molar-refractivity contribution < 1.29 is 14.1 Å². The SMILES string of the molecule is Cc1nc(CNC(=O)NCc2cccc(OC3CCCC3)c2)no1. The summed E-state index contributed by atoms with van der Waals surface area (Å²) in [6, 6.07) is 7.56. The van der Waals surface area contributed by atoms with Gasteiger partial charge in [0.2, 0.25) is 5.89 Å². The highest BCUT2D eigenvalue weighted by atomic mass is 16.5. The maximum absolute atomic E-state index is 11.8. The average molecular weight is 330 g/mol. The van der Waals surface area contributed by atoms with E-state index in [1.54, 1.807) is 6.92 Å². The minimum atomic E-state index is -0.278. The standard InChI is InChI=1S/C17H22N4O3/c1-12-20-16(21-24-12)11-19-17(22)18-10-13-5-4-8-15(9-13)23-14-6-2-3-7-14/h4-5,8-9,14H,2-3,6-7,10-11H2,1H3,(H2,18,19,22). The molecule has 2 N–H and O–H groups in total. The molecule has 1 aromatic carbocycles. The molecule has 24 heavy (non-hydrogen) atoms. The van der Waals surface area contributed by atoms with Crippen molar-refractivity contribution in [3.8, 4) is 5.75 Å². The number of hydrogen-bond acceptors (Lipinski definition) is 5. The summed E-state index contributed by atoms with van der Waals surface area (Å²) in [6.45, 7) is 2.37. The van der Waals surface area contributed by atoms with Gasteiger partial charge in [0.05, 0.1) is 12.6 Å². The van der Waals surface area contributed by atoms with Crippen LogP contribution in [0.2, 0.25) is 0 Å². The third-order valence-electron chi connectivity index (χ3n) is 3.93. The van der Waals surface area contributed by atoms with Crippen molar-refractivity contribution in [1.82, 2.24) is 20.8 Å². The zero-order chi connectivity index (χ0) is 16.8. The van der Waals surface area contributed by atoms with E-state index in [4.69, 9.17) is 9.26 Å². The number of benzene rings is 1. The van der Waals surface area contributed by atoms with E-state index in [0.29, 0.717) is 24.4 Å². The number of nitrogens with one attached hydrogen (secondary N) is 2. The van der Waals surface area contributed by atoms with Gasteiger partial charge >= 0.3 is 6.03 Å². The van der Waals surface area contributed by atoms with Crippen molar-refractivity contribution in [2.45, 2.75) is 51.8 Å². The van der Waals surface area contributed by atoms with Crippen molar-refractivity contribution >= 4 is 6.03 Å². The molecule has 1 fully saturated rings. The first-order chi connectivity index (χ1) is 11.7. The molecule has 1 aromatic heterocycles. The molecule has 2 aromatic rings. The Hall–Kier alpha value is -2.57. The van der Waals surface area contributed by atoms with Crippen molar-refractivity contribution in [2.75, 3.05) is 0 Å². The molecule has 7 heteroatoms. The Balaban J connectivity index is 1.44. The summed E-state index contributed by atoms with van der Waals surface area (Å²) in [4.78, 5) is 15.8. The van der Waals surface area contributed by atoms with Crippen LogP contribution in [0.4, 0.5) is 4.79 Å². The molecule has 7 nitrogen and oxygen atoms in total. The predicted octanol–water partition coefficient (Wildman–Crippen LogP) is 2.70. The minimum absolute atomic E-state index is 0.230. The summed E-state index contributed by atoms with van der Waals surface area (Å²) in [7, 11) is 0. The zero-order valence-electron chi connectivity index (χ0n) is 13.7. The second-order valence-electron chi connectivity index (χ2n) is 5.94. The molecule has 3 rings (SSSR count). The smallest absolute Gasteiger partial charge is 0.315 e. The van der Waals surface area contributed by atoms with Gasteiger partial charge in [0.25, 0.3) is 0 Å². The number of hydrogen-bond donors (Lipinski definition) is 2. The highest BCUT2D eigenvalue weighted by Crippen LogP contribution is 2.24. The van der Waals surface area contributed by atoms with Gasteiger partial charge in [0.1, 0.15) is 5.75 Å². The van der Waals surface area contributed by atoms with Crippen LogP contribution < -0.4 is 15.4 Å². The lowest BCUT2D eigenvalue weighted by Gasteiger charge is -2.14. The van der Waals surface area contributed by atoms with E-state index in [1.807, 2.05) is 24.3 Å². The van der Waals surface area contributed by atoms with E-state index >= 15 is 0 Å². The molecule has 0 unspecified atom stereocenters. The van der Waals surface area contributed by atoms with Crippen LogP contribution in [0.25, 0.3) is 0 Å². The van der Waals surface area contributed by atoms with Crippen LogP contribution in [0, 0.1) is 6.92 Å². The fraction of sp³-hybridized carbons (Fsp3) is 0.471. The second kappa shape index (κ2) is 7.81. The number of carbonyl (C=O) groups is 1. The average Bonchev–Trinajstić information content (AvgIpc) is 3.23. The van der Waals surface area contributed by atoms with E-state index in [0.717, 1.165) is 24.2 Å². The molecule has 1 saturated carbocycles. The van der Waals surface area contributed by atoms with E-state index in [9.17, 15) is 4.79 Å². The Morgan fingerprint density at radius 3 is 2.83 bits per heavy atom. The lowest BCUT2D eigenvalue weighted by atomic mass is 10.2. The molecular weight excluding hydrogens is 308 g/mol. The molecule has 128 valence electrons. The summed E-state index contributed by atoms with van der Waals surface area (Å²) in [6.07, 6.45) is 5.06. The number of urea groups is 1. The normalized spacial score (nSPS) is 14.5. The fourth-order valence-electron chi connectivity index (χ4n) is 2.74. The molecule has 0 radical (unpaired) electrons. The maximum Gasteiger partial charge on any atom is 0.315 e. The Kier molecular flexibility index (Phi) is 5.30. The van der Waals surface area contributed by atoms with E-state index in [-0.39, 0.29) is 12.6 Å². The Bertz CT molecular complexity index is 680. The van der Waals surface area contributed by atoms with Crippen molar-refractivity contribution in [3.05, 3.63) is 41.5 Å². The van der Waals surface area contributed by atoms with Crippen LogP contribution in [-0.4, -0.2) is 22.3 Å². The maximum atomic E-state index is 11.8. The van der Waals surface area contributed by atoms with Crippen molar-refractivity contribution in [1.29, 1.82) is 0 Å². The van der Waals surface area contributed by atoms with E-state index in [2.05, 4.69) is 20.8 Å². The highest BCUT2D eigenvalue weighted by Gasteiger charge is 2.16. The van der Waals surface area contributed by atoms with Crippen LogP contribution in [0.1, 0.15) is 43.0 Å². The van der Waals surface area contributed by atoms with Gasteiger partial charge in [-0.25, -0.2) is 4.79 Å². The van der Waals surface area contributed by atoms with Gasteiger partial charge in [-0.1, -0.05) is 17.3 Å². The Labute approximate surface area is 140 Å². The van der Waals surface area contributed by atoms with E-state index in [1.165, 1.54) is 12.8 Å². The van der Waals surface area contributed by atoms with Crippen LogP contribution in [0.15, 0.2) is 28.8 Å². The van der Waals surface area contributed by atoms with Crippen LogP contribution in [0.3, 0.4) is 0 Å². The zero-order valence-corrected chi connectivity index (χ0v) is 13.7. The summed E-state index contributed by atoms with van der Waals surface area (Å²) in [5.41, 5.74) is 0.996. The number of carbonyl (C=O) groups excluding carboxylic acids is 1. The highest BCUT2D eigenvalue weighted by molar-refractivity contribution is 5.73. The van der Waals surface area contributed by atoms with Gasteiger partial charge in [-0.2, -0.15) is 4.98 Å². The van der Waals surface area contributed by atoms with Gasteiger partial charge in [0, 0.05) is 13.5 Å². The topological polar surface area (TPSA) is 89.3 Å². The second-order valence-corrected chi connectivity index (χ2v) is 5.94. The van der Waals surface area contributed by atoms with E-state index < -0.39 is 0 Å². The minimum Gasteiger partial charge on any atom is -0.490 e. The number of amides is 2. The lowest BCUT2D eigenvalue weighted by molar-refractivity contribution is 0.209. The first-order valence-electron chi connectivity index (χ1n) is 8.25. The molecule has 0 bridgehead atoms. The number of rotatable bonds is 6. The number of aryl methyl sites for hydroxylation is 1. The molecule has 1 heterocycles. The molecule has 0 spiro atoms. The van der Waals surface area contributed by atoms with Crippen LogP contribution in [-0.2, 0) is 13.1 Å². The quantitative estimate of drug-likeness (QED) is 0.850. The van der Waals surface area contributed by atoms with Gasteiger partial charge in [-0.15, -0.1) is 0 Å². The van der Waals surface area contributed by atoms with Crippen LogP contribution in [0.5, 0.6) is 5.75 Å². The van der Waals surface area contributed by atoms with Crippen LogP contribution >= 0.6 is 0 Å². The largest absolute Gasteiger partial charge is 0.490 e. The molecule has 2 amide bonds. The van der Waals surface area contributed by atoms with Gasteiger partial charge in [0.15, 0.2) is 5.82 Å². The predicted molar refractivity (Wildman–Crippen MR) is 87.4 cm³/mol. The molecule has 0 atom stereocenters. The summed E-state index contributed by atoms with van der Waals surface area (Å²) >= 11 is 0. The lowest BCUT2D eigenvalue weighted by Crippen LogP contribution is -2.34. The summed E-state index contributed by atoms with van der Waals surface area (Å²) in [5.74, 6) is 1.80. The first-order valence-corrected chi connectivity index (χ1v) is 8.25. The number of aromatic nitrogens is 2. The number of nitrogens with zero attached hydrogens (tertiary/aromatic N) is 2. The monoisotopic (exact) mass is 330 g/mol. The van der Waals surface area contributed by atoms with Gasteiger partial charge < -0.3 is 19.9 Å². The van der Waals surface area contributed by atoms with Crippen molar-refractivity contribution in [3.63, 3.8) is 0 Å².